The molecule has 0 aliphatic carbocycles. The molecule has 0 aromatic heterocycles. The lowest BCUT2D eigenvalue weighted by Gasteiger charge is -2.36. The van der Waals surface area contributed by atoms with Crippen LogP contribution in [-0.2, 0) is 16.1 Å². The first kappa shape index (κ1) is 26.1. The lowest BCUT2D eigenvalue weighted by Crippen LogP contribution is -2.49. The Morgan fingerprint density at radius 1 is 0.970 bits per heavy atom. The number of amides is 1. The largest absolute Gasteiger partial charge is 0.378 e. The van der Waals surface area contributed by atoms with Crippen molar-refractivity contribution in [3.63, 3.8) is 0 Å². The molecule has 3 aliphatic rings. The van der Waals surface area contributed by atoms with E-state index in [2.05, 4.69) is 51.3 Å². The number of halogens is 1. The van der Waals surface area contributed by atoms with Gasteiger partial charge in [-0.3, -0.25) is 9.79 Å². The highest BCUT2D eigenvalue weighted by Crippen LogP contribution is 2.23. The van der Waals surface area contributed by atoms with E-state index in [-0.39, 0.29) is 29.9 Å². The number of nitrogens with zero attached hydrogens (tertiary/aromatic N) is 4. The molecule has 4 rings (SSSR count). The molecule has 1 aromatic rings. The highest BCUT2D eigenvalue weighted by atomic mass is 127. The van der Waals surface area contributed by atoms with Crippen molar-refractivity contribution in [2.24, 2.45) is 16.8 Å². The number of morpholine rings is 1. The summed E-state index contributed by atoms with van der Waals surface area (Å²) in [5.41, 5.74) is 2.59. The standard InChI is InChI=1S/C25H39N5O2.HI/c1-20-7-11-28(12-8-20)23-5-3-21(4-6-23)19-27-25(26-2)30-13-9-22(10-14-30)24(31)29-15-17-32-18-16-29;/h3-6,20,22H,7-19H2,1-2H3,(H,26,27);1H. The first-order valence-electron chi connectivity index (χ1n) is 12.3. The monoisotopic (exact) mass is 569 g/mol. The molecule has 184 valence electrons. The normalized spacial score (nSPS) is 21.0. The topological polar surface area (TPSA) is 60.4 Å². The van der Waals surface area contributed by atoms with Gasteiger partial charge in [-0.2, -0.15) is 0 Å². The number of carbonyl (C=O) groups is 1. The van der Waals surface area contributed by atoms with Gasteiger partial charge in [0.15, 0.2) is 5.96 Å². The van der Waals surface area contributed by atoms with Crippen molar-refractivity contribution in [1.29, 1.82) is 0 Å². The molecular formula is C25H40IN5O2. The zero-order valence-electron chi connectivity index (χ0n) is 20.2. The quantitative estimate of drug-likeness (QED) is 0.343. The number of aliphatic imine (C=N–C) groups is 1. The minimum absolute atomic E-state index is 0. The average Bonchev–Trinajstić information content (AvgIpc) is 2.86. The second-order valence-electron chi connectivity index (χ2n) is 9.44. The van der Waals surface area contributed by atoms with Crippen LogP contribution in [0.4, 0.5) is 5.69 Å². The number of rotatable bonds is 4. The molecule has 0 spiro atoms. The Labute approximate surface area is 215 Å². The van der Waals surface area contributed by atoms with E-state index in [1.54, 1.807) is 0 Å². The Balaban J connectivity index is 0.00000306. The molecule has 0 bridgehead atoms. The van der Waals surface area contributed by atoms with E-state index in [4.69, 9.17) is 4.74 Å². The van der Waals surface area contributed by atoms with Gasteiger partial charge in [0.05, 0.1) is 13.2 Å². The number of ether oxygens (including phenoxy) is 1. The number of hydrogen-bond acceptors (Lipinski definition) is 4. The molecule has 7 nitrogen and oxygen atoms in total. The number of carbonyl (C=O) groups excluding carboxylic acids is 1. The van der Waals surface area contributed by atoms with Crippen LogP contribution in [0, 0.1) is 11.8 Å². The molecule has 8 heteroatoms. The maximum absolute atomic E-state index is 12.8. The lowest BCUT2D eigenvalue weighted by molar-refractivity contribution is -0.140. The Hall–Kier alpha value is -1.55. The van der Waals surface area contributed by atoms with Crippen LogP contribution in [0.25, 0.3) is 0 Å². The number of hydrogen-bond donors (Lipinski definition) is 1. The summed E-state index contributed by atoms with van der Waals surface area (Å²) in [4.78, 5) is 24.0. The van der Waals surface area contributed by atoms with Gasteiger partial charge in [0, 0.05) is 64.5 Å². The highest BCUT2D eigenvalue weighted by Gasteiger charge is 2.30. The number of guanidine groups is 1. The molecule has 0 atom stereocenters. The third kappa shape index (κ3) is 6.97. The highest BCUT2D eigenvalue weighted by molar-refractivity contribution is 14.0. The van der Waals surface area contributed by atoms with Crippen molar-refractivity contribution in [3.8, 4) is 0 Å². The van der Waals surface area contributed by atoms with Crippen molar-refractivity contribution < 1.29 is 9.53 Å². The summed E-state index contributed by atoms with van der Waals surface area (Å²) in [6.45, 7) is 9.97. The van der Waals surface area contributed by atoms with Crippen LogP contribution in [0.5, 0.6) is 0 Å². The van der Waals surface area contributed by atoms with E-state index >= 15 is 0 Å². The van der Waals surface area contributed by atoms with E-state index in [1.165, 1.54) is 24.1 Å². The maximum Gasteiger partial charge on any atom is 0.225 e. The molecular weight excluding hydrogens is 529 g/mol. The molecule has 0 radical (unpaired) electrons. The summed E-state index contributed by atoms with van der Waals surface area (Å²) in [5, 5.41) is 3.52. The fourth-order valence-corrected chi connectivity index (χ4v) is 4.98. The van der Waals surface area contributed by atoms with Gasteiger partial charge in [-0.05, 0) is 49.3 Å². The molecule has 1 amide bonds. The van der Waals surface area contributed by atoms with E-state index in [0.717, 1.165) is 70.5 Å². The van der Waals surface area contributed by atoms with Gasteiger partial charge >= 0.3 is 0 Å². The second-order valence-corrected chi connectivity index (χ2v) is 9.44. The predicted octanol–water partition coefficient (Wildman–Crippen LogP) is 3.19. The van der Waals surface area contributed by atoms with Crippen LogP contribution in [0.1, 0.15) is 38.2 Å². The van der Waals surface area contributed by atoms with Gasteiger partial charge in [0.2, 0.25) is 5.91 Å². The fraction of sp³-hybridized carbons (Fsp3) is 0.680. The molecule has 0 saturated carbocycles. The number of piperidine rings is 2. The minimum Gasteiger partial charge on any atom is -0.378 e. The Morgan fingerprint density at radius 2 is 1.61 bits per heavy atom. The fourth-order valence-electron chi connectivity index (χ4n) is 4.98. The molecule has 3 heterocycles. The minimum atomic E-state index is 0. The van der Waals surface area contributed by atoms with E-state index in [0.29, 0.717) is 19.1 Å². The summed E-state index contributed by atoms with van der Waals surface area (Å²) in [6.07, 6.45) is 4.35. The number of nitrogens with one attached hydrogen (secondary N) is 1. The summed E-state index contributed by atoms with van der Waals surface area (Å²) in [6, 6.07) is 8.94. The summed E-state index contributed by atoms with van der Waals surface area (Å²) < 4.78 is 5.38. The first-order valence-corrected chi connectivity index (χ1v) is 12.3. The van der Waals surface area contributed by atoms with Crippen molar-refractivity contribution >= 4 is 41.5 Å². The van der Waals surface area contributed by atoms with Crippen molar-refractivity contribution in [2.75, 3.05) is 64.4 Å². The van der Waals surface area contributed by atoms with Crippen LogP contribution < -0.4 is 10.2 Å². The van der Waals surface area contributed by atoms with Crippen LogP contribution in [0.15, 0.2) is 29.3 Å². The molecule has 3 saturated heterocycles. The summed E-state index contributed by atoms with van der Waals surface area (Å²) in [7, 11) is 1.84. The lowest BCUT2D eigenvalue weighted by atomic mass is 9.95. The third-order valence-electron chi connectivity index (χ3n) is 7.21. The van der Waals surface area contributed by atoms with Gasteiger partial charge in [0.25, 0.3) is 0 Å². The molecule has 3 aliphatic heterocycles. The molecule has 3 fully saturated rings. The third-order valence-corrected chi connectivity index (χ3v) is 7.21. The van der Waals surface area contributed by atoms with Crippen LogP contribution in [0.3, 0.4) is 0 Å². The zero-order chi connectivity index (χ0) is 22.3. The number of benzene rings is 1. The first-order chi connectivity index (χ1) is 15.6. The molecule has 33 heavy (non-hydrogen) atoms. The smallest absolute Gasteiger partial charge is 0.225 e. The summed E-state index contributed by atoms with van der Waals surface area (Å²) in [5.74, 6) is 2.22. The van der Waals surface area contributed by atoms with Crippen molar-refractivity contribution in [2.45, 2.75) is 39.2 Å². The van der Waals surface area contributed by atoms with E-state index < -0.39 is 0 Å². The number of anilines is 1. The predicted molar refractivity (Wildman–Crippen MR) is 144 cm³/mol. The maximum atomic E-state index is 12.8. The van der Waals surface area contributed by atoms with E-state index in [9.17, 15) is 4.79 Å². The van der Waals surface area contributed by atoms with Gasteiger partial charge in [-0.25, -0.2) is 0 Å². The van der Waals surface area contributed by atoms with Gasteiger partial charge in [-0.1, -0.05) is 19.1 Å². The Kier molecular flexibility index (Phi) is 10.1. The van der Waals surface area contributed by atoms with E-state index in [1.807, 2.05) is 11.9 Å². The molecule has 1 N–H and O–H groups in total. The average molecular weight is 570 g/mol. The SMILES string of the molecule is CN=C(NCc1ccc(N2CCC(C)CC2)cc1)N1CCC(C(=O)N2CCOCC2)CC1.I. The van der Waals surface area contributed by atoms with Gasteiger partial charge < -0.3 is 24.8 Å². The van der Waals surface area contributed by atoms with Crippen LogP contribution in [0.2, 0.25) is 0 Å². The molecule has 0 unspecified atom stereocenters. The second kappa shape index (κ2) is 12.8. The van der Waals surface area contributed by atoms with Gasteiger partial charge in [0.1, 0.15) is 0 Å². The zero-order valence-corrected chi connectivity index (χ0v) is 22.5. The van der Waals surface area contributed by atoms with Crippen molar-refractivity contribution in [1.82, 2.24) is 15.1 Å². The van der Waals surface area contributed by atoms with Crippen molar-refractivity contribution in [3.05, 3.63) is 29.8 Å². The summed E-state index contributed by atoms with van der Waals surface area (Å²) >= 11 is 0. The Morgan fingerprint density at radius 3 is 2.21 bits per heavy atom. The Bertz CT molecular complexity index is 766. The van der Waals surface area contributed by atoms with Crippen LogP contribution >= 0.6 is 24.0 Å². The van der Waals surface area contributed by atoms with Gasteiger partial charge in [-0.15, -0.1) is 24.0 Å². The van der Waals surface area contributed by atoms with Crippen LogP contribution in [-0.4, -0.2) is 81.2 Å². The number of likely N-dealkylation sites (tertiary alicyclic amines) is 1. The molecule has 1 aromatic carbocycles.